The van der Waals surface area contributed by atoms with Gasteiger partial charge in [0.1, 0.15) is 5.52 Å². The SMILES string of the molecule is Cc1cc2c(N3CCC(CCC(=O)O)C3)nccn2n1. The van der Waals surface area contributed by atoms with Gasteiger partial charge in [-0.25, -0.2) is 9.50 Å². The average molecular weight is 274 g/mol. The molecule has 0 bridgehead atoms. The molecule has 0 radical (unpaired) electrons. The highest BCUT2D eigenvalue weighted by Gasteiger charge is 2.25. The lowest BCUT2D eigenvalue weighted by Crippen LogP contribution is -2.21. The Labute approximate surface area is 117 Å². The van der Waals surface area contributed by atoms with Crippen molar-refractivity contribution in [3.05, 3.63) is 24.2 Å². The van der Waals surface area contributed by atoms with E-state index in [0.29, 0.717) is 5.92 Å². The summed E-state index contributed by atoms with van der Waals surface area (Å²) in [5, 5.41) is 13.2. The van der Waals surface area contributed by atoms with E-state index in [1.165, 1.54) is 0 Å². The van der Waals surface area contributed by atoms with Gasteiger partial charge in [-0.1, -0.05) is 0 Å². The van der Waals surface area contributed by atoms with Gasteiger partial charge >= 0.3 is 5.97 Å². The third kappa shape index (κ3) is 2.45. The van der Waals surface area contributed by atoms with E-state index < -0.39 is 5.97 Å². The molecular weight excluding hydrogens is 256 g/mol. The van der Waals surface area contributed by atoms with E-state index >= 15 is 0 Å². The molecule has 2 aromatic heterocycles. The molecule has 0 spiro atoms. The van der Waals surface area contributed by atoms with Gasteiger partial charge in [-0.2, -0.15) is 5.10 Å². The van der Waals surface area contributed by atoms with Crippen LogP contribution in [0.15, 0.2) is 18.5 Å². The number of aromatic nitrogens is 3. The molecule has 1 aliphatic rings. The molecular formula is C14H18N4O2. The minimum absolute atomic E-state index is 0.252. The van der Waals surface area contributed by atoms with Gasteiger partial charge in [0, 0.05) is 31.9 Å². The molecule has 106 valence electrons. The summed E-state index contributed by atoms with van der Waals surface area (Å²) in [6.07, 6.45) is 5.64. The standard InChI is InChI=1S/C14H18N4O2/c1-10-8-12-14(15-5-7-18(12)16-10)17-6-4-11(9-17)2-3-13(19)20/h5,7-8,11H,2-4,6,9H2,1H3,(H,19,20). The number of fused-ring (bicyclic) bond motifs is 1. The fraction of sp³-hybridized carbons (Fsp3) is 0.500. The molecule has 1 saturated heterocycles. The molecule has 1 atom stereocenters. The number of carboxylic acid groups (broad SMARTS) is 1. The molecule has 0 aliphatic carbocycles. The van der Waals surface area contributed by atoms with Crippen molar-refractivity contribution in [2.24, 2.45) is 5.92 Å². The predicted octanol–water partition coefficient (Wildman–Crippen LogP) is 1.73. The number of aliphatic carboxylic acids is 1. The van der Waals surface area contributed by atoms with Crippen LogP contribution in [-0.2, 0) is 4.79 Å². The van der Waals surface area contributed by atoms with Crippen LogP contribution in [0.5, 0.6) is 0 Å². The summed E-state index contributed by atoms with van der Waals surface area (Å²) in [5.74, 6) is 0.679. The van der Waals surface area contributed by atoms with E-state index in [1.54, 1.807) is 6.20 Å². The van der Waals surface area contributed by atoms with Gasteiger partial charge in [-0.3, -0.25) is 4.79 Å². The second kappa shape index (κ2) is 5.11. The first-order chi connectivity index (χ1) is 9.63. The maximum absolute atomic E-state index is 10.6. The largest absolute Gasteiger partial charge is 0.481 e. The van der Waals surface area contributed by atoms with Crippen LogP contribution in [0.4, 0.5) is 5.82 Å². The van der Waals surface area contributed by atoms with E-state index in [0.717, 1.165) is 43.0 Å². The lowest BCUT2D eigenvalue weighted by atomic mass is 10.0. The van der Waals surface area contributed by atoms with Gasteiger partial charge in [0.05, 0.1) is 5.69 Å². The van der Waals surface area contributed by atoms with Crippen molar-refractivity contribution in [1.29, 1.82) is 0 Å². The zero-order chi connectivity index (χ0) is 14.1. The number of nitrogens with zero attached hydrogens (tertiary/aromatic N) is 4. The molecule has 2 aromatic rings. The van der Waals surface area contributed by atoms with E-state index in [1.807, 2.05) is 23.7 Å². The van der Waals surface area contributed by atoms with Gasteiger partial charge in [0.15, 0.2) is 5.82 Å². The van der Waals surface area contributed by atoms with Crippen molar-refractivity contribution in [2.75, 3.05) is 18.0 Å². The Kier molecular flexibility index (Phi) is 3.30. The second-order valence-corrected chi connectivity index (χ2v) is 5.40. The monoisotopic (exact) mass is 274 g/mol. The van der Waals surface area contributed by atoms with E-state index in [2.05, 4.69) is 15.0 Å². The van der Waals surface area contributed by atoms with Crippen LogP contribution >= 0.6 is 0 Å². The summed E-state index contributed by atoms with van der Waals surface area (Å²) < 4.78 is 1.85. The first-order valence-electron chi connectivity index (χ1n) is 6.91. The lowest BCUT2D eigenvalue weighted by molar-refractivity contribution is -0.137. The smallest absolute Gasteiger partial charge is 0.303 e. The molecule has 6 heteroatoms. The van der Waals surface area contributed by atoms with Crippen molar-refractivity contribution in [3.63, 3.8) is 0 Å². The van der Waals surface area contributed by atoms with E-state index in [4.69, 9.17) is 5.11 Å². The number of aryl methyl sites for hydroxylation is 1. The summed E-state index contributed by atoms with van der Waals surface area (Å²) in [6, 6.07) is 2.03. The highest BCUT2D eigenvalue weighted by Crippen LogP contribution is 2.28. The van der Waals surface area contributed by atoms with Gasteiger partial charge in [0.25, 0.3) is 0 Å². The molecule has 3 heterocycles. The summed E-state index contributed by atoms with van der Waals surface area (Å²) in [4.78, 5) is 17.4. The quantitative estimate of drug-likeness (QED) is 0.919. The Morgan fingerprint density at radius 3 is 3.20 bits per heavy atom. The Balaban J connectivity index is 1.77. The Hall–Kier alpha value is -2.11. The van der Waals surface area contributed by atoms with Crippen LogP contribution in [0.25, 0.3) is 5.52 Å². The number of carboxylic acids is 1. The molecule has 1 N–H and O–H groups in total. The van der Waals surface area contributed by atoms with Crippen LogP contribution in [0.1, 0.15) is 25.0 Å². The van der Waals surface area contributed by atoms with Crippen LogP contribution in [-0.4, -0.2) is 38.8 Å². The van der Waals surface area contributed by atoms with Gasteiger partial charge in [-0.15, -0.1) is 0 Å². The summed E-state index contributed by atoms with van der Waals surface area (Å²) >= 11 is 0. The predicted molar refractivity (Wildman–Crippen MR) is 74.9 cm³/mol. The average Bonchev–Trinajstić information content (AvgIpc) is 3.00. The first-order valence-corrected chi connectivity index (χ1v) is 6.91. The number of anilines is 1. The van der Waals surface area contributed by atoms with Crippen LogP contribution in [0.3, 0.4) is 0 Å². The van der Waals surface area contributed by atoms with Crippen molar-refractivity contribution < 1.29 is 9.90 Å². The van der Waals surface area contributed by atoms with E-state index in [-0.39, 0.29) is 6.42 Å². The maximum atomic E-state index is 10.6. The first kappa shape index (κ1) is 12.9. The summed E-state index contributed by atoms with van der Waals surface area (Å²) in [6.45, 7) is 3.78. The van der Waals surface area contributed by atoms with Crippen LogP contribution in [0.2, 0.25) is 0 Å². The molecule has 6 nitrogen and oxygen atoms in total. The lowest BCUT2D eigenvalue weighted by Gasteiger charge is -2.18. The summed E-state index contributed by atoms with van der Waals surface area (Å²) in [7, 11) is 0. The Bertz CT molecular complexity index is 637. The third-order valence-corrected chi connectivity index (χ3v) is 3.84. The molecule has 1 aliphatic heterocycles. The van der Waals surface area contributed by atoms with Crippen molar-refractivity contribution >= 4 is 17.3 Å². The van der Waals surface area contributed by atoms with Gasteiger partial charge < -0.3 is 10.0 Å². The number of hydrogen-bond acceptors (Lipinski definition) is 4. The van der Waals surface area contributed by atoms with Crippen LogP contribution < -0.4 is 4.90 Å². The number of hydrogen-bond donors (Lipinski definition) is 1. The highest BCUT2D eigenvalue weighted by atomic mass is 16.4. The molecule has 3 rings (SSSR count). The van der Waals surface area contributed by atoms with Crippen molar-refractivity contribution in [1.82, 2.24) is 14.6 Å². The zero-order valence-corrected chi connectivity index (χ0v) is 11.5. The molecule has 0 aromatic carbocycles. The van der Waals surface area contributed by atoms with Gasteiger partial charge in [0.2, 0.25) is 0 Å². The Morgan fingerprint density at radius 2 is 2.40 bits per heavy atom. The highest BCUT2D eigenvalue weighted by molar-refractivity contribution is 5.69. The van der Waals surface area contributed by atoms with Crippen molar-refractivity contribution in [3.8, 4) is 0 Å². The molecule has 20 heavy (non-hydrogen) atoms. The van der Waals surface area contributed by atoms with Gasteiger partial charge in [-0.05, 0) is 31.7 Å². The second-order valence-electron chi connectivity index (χ2n) is 5.40. The van der Waals surface area contributed by atoms with Crippen LogP contribution in [0, 0.1) is 12.8 Å². The number of rotatable bonds is 4. The Morgan fingerprint density at radius 1 is 1.55 bits per heavy atom. The van der Waals surface area contributed by atoms with E-state index in [9.17, 15) is 4.79 Å². The third-order valence-electron chi connectivity index (χ3n) is 3.84. The fourth-order valence-electron chi connectivity index (χ4n) is 2.86. The zero-order valence-electron chi connectivity index (χ0n) is 11.5. The molecule has 0 amide bonds. The van der Waals surface area contributed by atoms with Crippen molar-refractivity contribution in [2.45, 2.75) is 26.2 Å². The number of carbonyl (C=O) groups is 1. The normalized spacial score (nSPS) is 18.9. The minimum atomic E-state index is -0.713. The maximum Gasteiger partial charge on any atom is 0.303 e. The topological polar surface area (TPSA) is 70.7 Å². The minimum Gasteiger partial charge on any atom is -0.481 e. The molecule has 1 fully saturated rings. The summed E-state index contributed by atoms with van der Waals surface area (Å²) in [5.41, 5.74) is 1.99. The fourth-order valence-corrected chi connectivity index (χ4v) is 2.86. The molecule has 0 saturated carbocycles. The molecule has 1 unspecified atom stereocenters.